The van der Waals surface area contributed by atoms with Crippen LogP contribution in [0, 0.1) is 5.92 Å². The van der Waals surface area contributed by atoms with Gasteiger partial charge in [0.05, 0.1) is 18.3 Å². The van der Waals surface area contributed by atoms with Crippen LogP contribution >= 0.6 is 0 Å². The molecule has 4 rings (SSSR count). The Morgan fingerprint density at radius 1 is 1.06 bits per heavy atom. The van der Waals surface area contributed by atoms with Crippen molar-refractivity contribution < 1.29 is 9.53 Å². The summed E-state index contributed by atoms with van der Waals surface area (Å²) in [5, 5.41) is 7.16. The molecule has 2 aromatic carbocycles. The van der Waals surface area contributed by atoms with E-state index in [1.165, 1.54) is 6.42 Å². The number of fused-ring (bicyclic) bond motifs is 1. The molecule has 0 radical (unpaired) electrons. The normalized spacial score (nSPS) is 10.5. The molecule has 0 atom stereocenters. The first kappa shape index (κ1) is 24.8. The molecule has 34 heavy (non-hydrogen) atoms. The summed E-state index contributed by atoms with van der Waals surface area (Å²) in [6.45, 7) is 5.62. The largest absolute Gasteiger partial charge is 0.497 e. The highest BCUT2D eigenvalue weighted by Gasteiger charge is 2.12. The van der Waals surface area contributed by atoms with Crippen LogP contribution < -0.4 is 15.4 Å². The first-order valence-electron chi connectivity index (χ1n) is 11.3. The number of para-hydroxylation sites is 1. The zero-order valence-corrected chi connectivity index (χ0v) is 20.1. The van der Waals surface area contributed by atoms with Crippen molar-refractivity contribution in [1.82, 2.24) is 20.3 Å². The van der Waals surface area contributed by atoms with Gasteiger partial charge in [0.15, 0.2) is 12.1 Å². The predicted molar refractivity (Wildman–Crippen MR) is 138 cm³/mol. The van der Waals surface area contributed by atoms with Crippen LogP contribution in [0.2, 0.25) is 0 Å². The number of hydrogen-bond donors (Lipinski definition) is 2. The van der Waals surface area contributed by atoms with E-state index >= 15 is 0 Å². The molecule has 2 heterocycles. The van der Waals surface area contributed by atoms with Gasteiger partial charge in [-0.3, -0.25) is 9.78 Å². The first-order chi connectivity index (χ1) is 16.5. The second kappa shape index (κ2) is 12.4. The average Bonchev–Trinajstić information content (AvgIpc) is 2.88. The van der Waals surface area contributed by atoms with Crippen molar-refractivity contribution in [2.75, 3.05) is 26.0 Å². The van der Waals surface area contributed by atoms with Crippen LogP contribution in [-0.4, -0.2) is 41.9 Å². The third-order valence-corrected chi connectivity index (χ3v) is 5.14. The molecule has 0 aliphatic heterocycles. The number of nitrogens with one attached hydrogen (secondary N) is 2. The highest BCUT2D eigenvalue weighted by Crippen LogP contribution is 2.30. The van der Waals surface area contributed by atoms with Crippen molar-refractivity contribution in [3.8, 4) is 17.1 Å². The fourth-order valence-corrected chi connectivity index (χ4v) is 3.23. The third-order valence-electron chi connectivity index (χ3n) is 5.14. The smallest absolute Gasteiger partial charge is 0.163 e. The van der Waals surface area contributed by atoms with Gasteiger partial charge in [-0.25, -0.2) is 9.97 Å². The van der Waals surface area contributed by atoms with Gasteiger partial charge in [-0.15, -0.1) is 0 Å². The lowest BCUT2D eigenvalue weighted by molar-refractivity contribution is 0.112. The van der Waals surface area contributed by atoms with Crippen LogP contribution in [0.1, 0.15) is 30.6 Å². The Kier molecular flexibility index (Phi) is 9.05. The topological polar surface area (TPSA) is 89.0 Å². The Bertz CT molecular complexity index is 1210. The number of methoxy groups -OCH3 is 1. The van der Waals surface area contributed by atoms with E-state index < -0.39 is 0 Å². The molecule has 2 N–H and O–H groups in total. The molecule has 2 aromatic heterocycles. The van der Waals surface area contributed by atoms with Gasteiger partial charge in [-0.1, -0.05) is 26.0 Å². The molecule has 0 unspecified atom stereocenters. The van der Waals surface area contributed by atoms with E-state index in [1.807, 2.05) is 55.6 Å². The van der Waals surface area contributed by atoms with Crippen molar-refractivity contribution in [2.24, 2.45) is 5.92 Å². The van der Waals surface area contributed by atoms with Gasteiger partial charge >= 0.3 is 0 Å². The Morgan fingerprint density at radius 2 is 1.88 bits per heavy atom. The minimum Gasteiger partial charge on any atom is -0.497 e. The third kappa shape index (κ3) is 6.59. The summed E-state index contributed by atoms with van der Waals surface area (Å²) in [4.78, 5) is 24.8. The molecule has 0 saturated heterocycles. The molecule has 7 nitrogen and oxygen atoms in total. The number of pyridine rings is 1. The van der Waals surface area contributed by atoms with E-state index in [2.05, 4.69) is 39.4 Å². The maximum atomic E-state index is 11.4. The summed E-state index contributed by atoms with van der Waals surface area (Å²) in [6, 6.07) is 16.6. The number of carbonyl (C=O) groups excluding carboxylic acids is 1. The average molecular weight is 458 g/mol. The van der Waals surface area contributed by atoms with Crippen molar-refractivity contribution in [1.29, 1.82) is 0 Å². The number of hydrogen-bond acceptors (Lipinski definition) is 7. The van der Waals surface area contributed by atoms with E-state index in [0.29, 0.717) is 28.6 Å². The molecule has 0 fully saturated rings. The van der Waals surface area contributed by atoms with Gasteiger partial charge in [0.2, 0.25) is 0 Å². The van der Waals surface area contributed by atoms with E-state index in [9.17, 15) is 4.79 Å². The van der Waals surface area contributed by atoms with Gasteiger partial charge in [0, 0.05) is 28.9 Å². The standard InChI is InChI=1S/C21H16N4O2.C6H15N/c1-27-16-8-9-19-17(11-16)21(23-18-7-3-2-5-15(18)13-26)25-20(24-19)14-6-4-10-22-12-14;1-6(2)4-5-7-3/h2-13H,1H3,(H,23,24,25);6-7H,4-5H2,1-3H3. The van der Waals surface area contributed by atoms with Crippen molar-refractivity contribution in [3.63, 3.8) is 0 Å². The lowest BCUT2D eigenvalue weighted by Gasteiger charge is -2.13. The summed E-state index contributed by atoms with van der Waals surface area (Å²) in [5.74, 6) is 2.68. The molecule has 0 aliphatic rings. The minimum atomic E-state index is 0.548. The van der Waals surface area contributed by atoms with Crippen molar-refractivity contribution >= 4 is 28.7 Å². The van der Waals surface area contributed by atoms with Gasteiger partial charge in [0.1, 0.15) is 11.6 Å². The molecule has 0 spiro atoms. The molecule has 0 saturated carbocycles. The Morgan fingerprint density at radius 3 is 2.53 bits per heavy atom. The van der Waals surface area contributed by atoms with Gasteiger partial charge in [-0.05, 0) is 68.4 Å². The van der Waals surface area contributed by atoms with E-state index in [1.54, 1.807) is 25.6 Å². The number of anilines is 2. The quantitative estimate of drug-likeness (QED) is 0.337. The maximum Gasteiger partial charge on any atom is 0.163 e. The Hall–Kier alpha value is -3.84. The number of aldehydes is 1. The summed E-state index contributed by atoms with van der Waals surface area (Å²) in [5.41, 5.74) is 2.79. The second-order valence-electron chi connectivity index (χ2n) is 8.14. The molecule has 4 aromatic rings. The lowest BCUT2D eigenvalue weighted by Crippen LogP contribution is -2.09. The molecule has 0 bridgehead atoms. The van der Waals surface area contributed by atoms with Crippen LogP contribution in [-0.2, 0) is 0 Å². The second-order valence-corrected chi connectivity index (χ2v) is 8.14. The number of benzene rings is 2. The summed E-state index contributed by atoms with van der Waals surface area (Å²) >= 11 is 0. The van der Waals surface area contributed by atoms with Crippen LogP contribution in [0.5, 0.6) is 5.75 Å². The van der Waals surface area contributed by atoms with E-state index in [4.69, 9.17) is 4.74 Å². The van der Waals surface area contributed by atoms with Crippen molar-refractivity contribution in [3.05, 3.63) is 72.6 Å². The number of rotatable bonds is 8. The van der Waals surface area contributed by atoms with Gasteiger partial charge in [-0.2, -0.15) is 0 Å². The van der Waals surface area contributed by atoms with Crippen LogP contribution in [0.15, 0.2) is 67.0 Å². The van der Waals surface area contributed by atoms with Crippen LogP contribution in [0.25, 0.3) is 22.3 Å². The minimum absolute atomic E-state index is 0.548. The molecule has 7 heteroatoms. The summed E-state index contributed by atoms with van der Waals surface area (Å²) < 4.78 is 5.34. The van der Waals surface area contributed by atoms with Crippen LogP contribution in [0.3, 0.4) is 0 Å². The first-order valence-corrected chi connectivity index (χ1v) is 11.3. The van der Waals surface area contributed by atoms with Crippen LogP contribution in [0.4, 0.5) is 11.5 Å². The highest BCUT2D eigenvalue weighted by atomic mass is 16.5. The molecule has 0 aliphatic carbocycles. The number of carbonyl (C=O) groups is 1. The van der Waals surface area contributed by atoms with E-state index in [-0.39, 0.29) is 0 Å². The van der Waals surface area contributed by atoms with Gasteiger partial charge < -0.3 is 15.4 Å². The molecular formula is C27H31N5O2. The Labute approximate surface area is 200 Å². The fourth-order valence-electron chi connectivity index (χ4n) is 3.23. The SMILES string of the molecule is CNCCC(C)C.COc1ccc2nc(-c3cccnc3)nc(Nc3ccccc3C=O)c2c1. The van der Waals surface area contributed by atoms with Crippen molar-refractivity contribution in [2.45, 2.75) is 20.3 Å². The highest BCUT2D eigenvalue weighted by molar-refractivity contribution is 5.95. The summed E-state index contributed by atoms with van der Waals surface area (Å²) in [7, 11) is 3.60. The van der Waals surface area contributed by atoms with E-state index in [0.717, 1.165) is 35.2 Å². The molecule has 0 amide bonds. The monoisotopic (exact) mass is 457 g/mol. The zero-order valence-electron chi connectivity index (χ0n) is 20.1. The number of aromatic nitrogens is 3. The number of nitrogens with zero attached hydrogens (tertiary/aromatic N) is 3. The predicted octanol–water partition coefficient (Wildman–Crippen LogP) is 5.51. The maximum absolute atomic E-state index is 11.4. The molecular weight excluding hydrogens is 426 g/mol. The molecule has 176 valence electrons. The lowest BCUT2D eigenvalue weighted by atomic mass is 10.1. The summed E-state index contributed by atoms with van der Waals surface area (Å²) in [6.07, 6.45) is 5.52. The number of ether oxygens (including phenoxy) is 1. The van der Waals surface area contributed by atoms with Gasteiger partial charge in [0.25, 0.3) is 0 Å². The fraction of sp³-hybridized carbons (Fsp3) is 0.259. The Balaban J connectivity index is 0.000000406. The zero-order chi connectivity index (χ0) is 24.3.